The van der Waals surface area contributed by atoms with Crippen LogP contribution in [0.1, 0.15) is 19.4 Å². The summed E-state index contributed by atoms with van der Waals surface area (Å²) < 4.78 is 12.0. The molecule has 0 atom stereocenters. The molecule has 4 nitrogen and oxygen atoms in total. The van der Waals surface area contributed by atoms with Crippen LogP contribution in [0.2, 0.25) is 0 Å². The fraction of sp³-hybridized carbons (Fsp3) is 0.438. The number of rotatable bonds is 5. The minimum Gasteiger partial charge on any atom is -0.486 e. The highest BCUT2D eigenvalue weighted by atomic mass is 79.9. The number of hydrogen-bond donors (Lipinski definition) is 0. The molecule has 1 heterocycles. The Bertz CT molecular complexity index is 557. The van der Waals surface area contributed by atoms with E-state index in [0.717, 1.165) is 21.4 Å². The minimum absolute atomic E-state index is 0.0814. The molecular formula is C16H20BrNO3. The van der Waals surface area contributed by atoms with E-state index in [4.69, 9.17) is 9.47 Å². The second-order valence-electron chi connectivity index (χ2n) is 5.13. The Kier molecular flexibility index (Phi) is 5.28. The first kappa shape index (κ1) is 15.9. The van der Waals surface area contributed by atoms with Gasteiger partial charge in [-0.25, -0.2) is 0 Å². The van der Waals surface area contributed by atoms with Gasteiger partial charge in [0.1, 0.15) is 13.2 Å². The predicted molar refractivity (Wildman–Crippen MR) is 85.9 cm³/mol. The second-order valence-corrected chi connectivity index (χ2v) is 5.98. The summed E-state index contributed by atoms with van der Waals surface area (Å²) >= 11 is 3.50. The summed E-state index contributed by atoms with van der Waals surface area (Å²) in [5.74, 6) is 1.51. The Morgan fingerprint density at radius 2 is 1.95 bits per heavy atom. The third-order valence-electron chi connectivity index (χ3n) is 3.25. The monoisotopic (exact) mass is 353 g/mol. The van der Waals surface area contributed by atoms with Gasteiger partial charge in [0.25, 0.3) is 0 Å². The molecule has 1 amide bonds. The Morgan fingerprint density at radius 3 is 2.52 bits per heavy atom. The Labute approximate surface area is 133 Å². The lowest BCUT2D eigenvalue weighted by molar-refractivity contribution is -0.129. The van der Waals surface area contributed by atoms with E-state index in [1.807, 2.05) is 26.0 Å². The predicted octanol–water partition coefficient (Wildman–Crippen LogP) is 3.19. The van der Waals surface area contributed by atoms with Crippen molar-refractivity contribution in [2.45, 2.75) is 20.3 Å². The molecule has 2 rings (SSSR count). The zero-order valence-corrected chi connectivity index (χ0v) is 14.0. The summed E-state index contributed by atoms with van der Waals surface area (Å²) in [7, 11) is 0. The number of hydrogen-bond acceptors (Lipinski definition) is 3. The third kappa shape index (κ3) is 4.00. The molecule has 0 radical (unpaired) electrons. The van der Waals surface area contributed by atoms with E-state index in [2.05, 4.69) is 22.5 Å². The molecule has 1 aromatic rings. The van der Waals surface area contributed by atoms with E-state index < -0.39 is 0 Å². The van der Waals surface area contributed by atoms with Crippen molar-refractivity contribution in [1.82, 2.24) is 4.90 Å². The first-order valence-corrected chi connectivity index (χ1v) is 7.80. The quantitative estimate of drug-likeness (QED) is 0.763. The van der Waals surface area contributed by atoms with Gasteiger partial charge in [-0.05, 0) is 31.5 Å². The summed E-state index contributed by atoms with van der Waals surface area (Å²) in [6.07, 6.45) is 0.332. The number of halogens is 1. The molecular weight excluding hydrogens is 334 g/mol. The Morgan fingerprint density at radius 1 is 1.33 bits per heavy atom. The highest BCUT2D eigenvalue weighted by Gasteiger charge is 2.18. The van der Waals surface area contributed by atoms with Gasteiger partial charge < -0.3 is 14.4 Å². The van der Waals surface area contributed by atoms with Crippen molar-refractivity contribution in [2.24, 2.45) is 0 Å². The van der Waals surface area contributed by atoms with Crippen LogP contribution in [0.4, 0.5) is 0 Å². The van der Waals surface area contributed by atoms with E-state index in [-0.39, 0.29) is 5.91 Å². The van der Waals surface area contributed by atoms with Gasteiger partial charge in [-0.15, -0.1) is 0 Å². The molecule has 21 heavy (non-hydrogen) atoms. The number of carbonyl (C=O) groups excluding carboxylic acids is 1. The van der Waals surface area contributed by atoms with E-state index in [1.165, 1.54) is 0 Å². The number of amides is 1. The van der Waals surface area contributed by atoms with E-state index in [1.54, 1.807) is 4.90 Å². The molecule has 0 saturated heterocycles. The van der Waals surface area contributed by atoms with Crippen LogP contribution in [0.25, 0.3) is 0 Å². The van der Waals surface area contributed by atoms with Crippen molar-refractivity contribution in [3.8, 4) is 11.5 Å². The van der Waals surface area contributed by atoms with Crippen LogP contribution in [-0.4, -0.2) is 37.1 Å². The largest absolute Gasteiger partial charge is 0.486 e. The number of fused-ring (bicyclic) bond motifs is 1. The van der Waals surface area contributed by atoms with Gasteiger partial charge in [0.2, 0.25) is 5.91 Å². The van der Waals surface area contributed by atoms with Crippen molar-refractivity contribution < 1.29 is 14.3 Å². The average molecular weight is 354 g/mol. The standard InChI is InChI=1S/C16H20BrNO3/c1-4-18(10-11(2)3)16(19)8-12-7-14-15(9-13(12)17)21-6-5-20-14/h7,9H,2,4-6,8,10H2,1,3H3. The molecule has 0 N–H and O–H groups in total. The molecule has 5 heteroatoms. The van der Waals surface area contributed by atoms with Crippen LogP contribution < -0.4 is 9.47 Å². The normalized spacial score (nSPS) is 12.9. The number of benzene rings is 1. The van der Waals surface area contributed by atoms with Gasteiger partial charge >= 0.3 is 0 Å². The maximum absolute atomic E-state index is 12.4. The molecule has 0 saturated carbocycles. The van der Waals surface area contributed by atoms with Gasteiger partial charge in [0, 0.05) is 17.6 Å². The Hall–Kier alpha value is -1.49. The highest BCUT2D eigenvalue weighted by Crippen LogP contribution is 2.35. The van der Waals surface area contributed by atoms with Crippen molar-refractivity contribution in [1.29, 1.82) is 0 Å². The lowest BCUT2D eigenvalue weighted by Crippen LogP contribution is -2.33. The number of ether oxygens (including phenoxy) is 2. The van der Waals surface area contributed by atoms with Crippen molar-refractivity contribution in [3.05, 3.63) is 34.3 Å². The SMILES string of the molecule is C=C(C)CN(CC)C(=O)Cc1cc2c(cc1Br)OCCO2. The molecule has 1 aliphatic rings. The van der Waals surface area contributed by atoms with Gasteiger partial charge in [-0.1, -0.05) is 28.1 Å². The van der Waals surface area contributed by atoms with Crippen molar-refractivity contribution >= 4 is 21.8 Å². The second kappa shape index (κ2) is 6.98. The Balaban J connectivity index is 2.15. The lowest BCUT2D eigenvalue weighted by atomic mass is 10.1. The molecule has 0 aliphatic carbocycles. The number of carbonyl (C=O) groups is 1. The van der Waals surface area contributed by atoms with Crippen molar-refractivity contribution in [3.63, 3.8) is 0 Å². The fourth-order valence-electron chi connectivity index (χ4n) is 2.22. The summed E-state index contributed by atoms with van der Waals surface area (Å²) in [4.78, 5) is 14.2. The minimum atomic E-state index is 0.0814. The zero-order valence-electron chi connectivity index (χ0n) is 12.4. The van der Waals surface area contributed by atoms with Gasteiger partial charge in [0.15, 0.2) is 11.5 Å². The summed E-state index contributed by atoms with van der Waals surface area (Å²) in [6.45, 7) is 10.1. The molecule has 0 fully saturated rings. The summed E-state index contributed by atoms with van der Waals surface area (Å²) in [5.41, 5.74) is 1.89. The molecule has 0 unspecified atom stereocenters. The first-order valence-electron chi connectivity index (χ1n) is 7.01. The number of likely N-dealkylation sites (N-methyl/N-ethyl adjacent to an activating group) is 1. The van der Waals surface area contributed by atoms with Crippen LogP contribution in [0, 0.1) is 0 Å². The van der Waals surface area contributed by atoms with Crippen LogP contribution in [0.5, 0.6) is 11.5 Å². The summed E-state index contributed by atoms with van der Waals surface area (Å²) in [6, 6.07) is 3.75. The zero-order chi connectivity index (χ0) is 15.4. The van der Waals surface area contributed by atoms with Gasteiger partial charge in [-0.3, -0.25) is 4.79 Å². The molecule has 0 bridgehead atoms. The van der Waals surface area contributed by atoms with E-state index >= 15 is 0 Å². The number of nitrogens with zero attached hydrogens (tertiary/aromatic N) is 1. The first-order chi connectivity index (χ1) is 10.0. The van der Waals surface area contributed by atoms with Crippen LogP contribution in [-0.2, 0) is 11.2 Å². The van der Waals surface area contributed by atoms with E-state index in [9.17, 15) is 4.79 Å². The highest BCUT2D eigenvalue weighted by molar-refractivity contribution is 9.10. The molecule has 1 aliphatic heterocycles. The third-order valence-corrected chi connectivity index (χ3v) is 3.99. The van der Waals surface area contributed by atoms with Gasteiger partial charge in [-0.2, -0.15) is 0 Å². The van der Waals surface area contributed by atoms with Crippen LogP contribution in [0.3, 0.4) is 0 Å². The molecule has 114 valence electrons. The fourth-order valence-corrected chi connectivity index (χ4v) is 2.68. The van der Waals surface area contributed by atoms with Crippen LogP contribution in [0.15, 0.2) is 28.8 Å². The summed E-state index contributed by atoms with van der Waals surface area (Å²) in [5, 5.41) is 0. The van der Waals surface area contributed by atoms with Crippen molar-refractivity contribution in [2.75, 3.05) is 26.3 Å². The molecule has 0 spiro atoms. The maximum Gasteiger partial charge on any atom is 0.227 e. The van der Waals surface area contributed by atoms with Crippen LogP contribution >= 0.6 is 15.9 Å². The maximum atomic E-state index is 12.4. The topological polar surface area (TPSA) is 38.8 Å². The molecule has 1 aromatic carbocycles. The smallest absolute Gasteiger partial charge is 0.227 e. The van der Waals surface area contributed by atoms with E-state index in [0.29, 0.717) is 38.5 Å². The lowest BCUT2D eigenvalue weighted by Gasteiger charge is -2.23. The van der Waals surface area contributed by atoms with Gasteiger partial charge in [0.05, 0.1) is 6.42 Å². The average Bonchev–Trinajstić information content (AvgIpc) is 2.45. The molecule has 0 aromatic heterocycles.